The largest absolute Gasteiger partial charge is 0.488 e. The Morgan fingerprint density at radius 2 is 1.97 bits per heavy atom. The Bertz CT molecular complexity index is 1300. The van der Waals surface area contributed by atoms with Gasteiger partial charge in [0.2, 0.25) is 0 Å². The molecule has 34 heavy (non-hydrogen) atoms. The van der Waals surface area contributed by atoms with Crippen LogP contribution in [-0.4, -0.2) is 82.6 Å². The standard InChI is InChI=1S/C23H23FN6O4/c1-32-10-11-34-21-13-19-17(12-18(21)24)22(27-25-19)20-14-30(28-26-20)16-4-2-15(3-5-16)23(31)29-6-8-33-9-7-29/h2-5,12-14H,6-11H2,1H3,(H,25,27). The smallest absolute Gasteiger partial charge is 0.254 e. The first kappa shape index (κ1) is 22.0. The maximum absolute atomic E-state index is 14.5. The molecule has 1 aliphatic rings. The Morgan fingerprint density at radius 1 is 1.18 bits per heavy atom. The molecular formula is C23H23FN6O4. The van der Waals surface area contributed by atoms with E-state index < -0.39 is 5.82 Å². The van der Waals surface area contributed by atoms with E-state index in [9.17, 15) is 9.18 Å². The van der Waals surface area contributed by atoms with Crippen molar-refractivity contribution in [2.24, 2.45) is 0 Å². The molecule has 1 N–H and O–H groups in total. The number of benzene rings is 2. The zero-order chi connectivity index (χ0) is 23.5. The number of halogens is 1. The highest BCUT2D eigenvalue weighted by Crippen LogP contribution is 2.30. The Hall–Kier alpha value is -3.83. The molecule has 0 aliphatic carbocycles. The number of aromatic nitrogens is 5. The van der Waals surface area contributed by atoms with Crippen LogP contribution in [0, 0.1) is 5.82 Å². The summed E-state index contributed by atoms with van der Waals surface area (Å²) in [6, 6.07) is 10.1. The van der Waals surface area contributed by atoms with E-state index in [1.54, 1.807) is 53.2 Å². The molecule has 176 valence electrons. The van der Waals surface area contributed by atoms with Gasteiger partial charge in [0.15, 0.2) is 11.6 Å². The van der Waals surface area contributed by atoms with Crippen molar-refractivity contribution in [3.8, 4) is 22.8 Å². The second kappa shape index (κ2) is 9.57. The molecule has 0 saturated carbocycles. The fourth-order valence-electron chi connectivity index (χ4n) is 3.76. The number of aromatic amines is 1. The zero-order valence-corrected chi connectivity index (χ0v) is 18.5. The summed E-state index contributed by atoms with van der Waals surface area (Å²) in [5.74, 6) is -0.404. The first-order valence-electron chi connectivity index (χ1n) is 10.8. The van der Waals surface area contributed by atoms with Crippen LogP contribution in [0.1, 0.15) is 10.4 Å². The Labute approximate surface area is 194 Å². The van der Waals surface area contributed by atoms with Gasteiger partial charge in [-0.3, -0.25) is 9.89 Å². The number of hydrogen-bond acceptors (Lipinski definition) is 7. The fraction of sp³-hybridized carbons (Fsp3) is 0.304. The first-order chi connectivity index (χ1) is 16.6. The SMILES string of the molecule is COCCOc1cc2[nH]nc(-c3cn(-c4ccc(C(=O)N5CCOCC5)cc4)nn3)c2cc1F. The summed E-state index contributed by atoms with van der Waals surface area (Å²) in [6.45, 7) is 2.89. The molecular weight excluding hydrogens is 443 g/mol. The molecule has 11 heteroatoms. The van der Waals surface area contributed by atoms with Gasteiger partial charge in [0.05, 0.1) is 37.2 Å². The number of H-pyrrole nitrogens is 1. The number of carbonyl (C=O) groups is 1. The predicted octanol–water partition coefficient (Wildman–Crippen LogP) is 2.45. The molecule has 0 radical (unpaired) electrons. The van der Waals surface area contributed by atoms with Crippen LogP contribution >= 0.6 is 0 Å². The summed E-state index contributed by atoms with van der Waals surface area (Å²) < 4.78 is 31.8. The van der Waals surface area contributed by atoms with Gasteiger partial charge in [0, 0.05) is 37.2 Å². The lowest BCUT2D eigenvalue weighted by molar-refractivity contribution is 0.0303. The third-order valence-corrected chi connectivity index (χ3v) is 5.57. The van der Waals surface area contributed by atoms with Crippen molar-refractivity contribution in [2.75, 3.05) is 46.6 Å². The number of rotatable bonds is 7. The molecule has 1 fully saturated rings. The van der Waals surface area contributed by atoms with E-state index in [0.717, 1.165) is 5.69 Å². The second-order valence-corrected chi connectivity index (χ2v) is 7.74. The quantitative estimate of drug-likeness (QED) is 0.417. The van der Waals surface area contributed by atoms with Crippen LogP contribution in [0.25, 0.3) is 28.0 Å². The van der Waals surface area contributed by atoms with Crippen molar-refractivity contribution >= 4 is 16.8 Å². The third kappa shape index (κ3) is 4.35. The van der Waals surface area contributed by atoms with Gasteiger partial charge in [-0.05, 0) is 30.3 Å². The molecule has 0 spiro atoms. The van der Waals surface area contributed by atoms with E-state index in [1.165, 1.54) is 6.07 Å². The molecule has 10 nitrogen and oxygen atoms in total. The lowest BCUT2D eigenvalue weighted by Gasteiger charge is -2.26. The summed E-state index contributed by atoms with van der Waals surface area (Å²) in [7, 11) is 1.55. The van der Waals surface area contributed by atoms with Gasteiger partial charge in [-0.15, -0.1) is 5.10 Å². The number of ether oxygens (including phenoxy) is 3. The molecule has 4 aromatic rings. The van der Waals surface area contributed by atoms with Crippen LogP contribution in [0.15, 0.2) is 42.6 Å². The highest BCUT2D eigenvalue weighted by atomic mass is 19.1. The van der Waals surface area contributed by atoms with Crippen molar-refractivity contribution in [3.05, 3.63) is 54.0 Å². The number of amides is 1. The number of carbonyl (C=O) groups excluding carboxylic acids is 1. The van der Waals surface area contributed by atoms with Gasteiger partial charge in [-0.2, -0.15) is 5.10 Å². The highest BCUT2D eigenvalue weighted by molar-refractivity contribution is 5.94. The Morgan fingerprint density at radius 3 is 2.74 bits per heavy atom. The summed E-state index contributed by atoms with van der Waals surface area (Å²) in [5, 5.41) is 16.1. The number of methoxy groups -OCH3 is 1. The Balaban J connectivity index is 1.35. The van der Waals surface area contributed by atoms with Gasteiger partial charge in [0.25, 0.3) is 5.91 Å². The average Bonchev–Trinajstić information content (AvgIpc) is 3.51. The van der Waals surface area contributed by atoms with E-state index in [-0.39, 0.29) is 18.3 Å². The van der Waals surface area contributed by atoms with Crippen LogP contribution in [0.3, 0.4) is 0 Å². The first-order valence-corrected chi connectivity index (χ1v) is 10.8. The maximum atomic E-state index is 14.5. The molecule has 0 bridgehead atoms. The van der Waals surface area contributed by atoms with Gasteiger partial charge in [0.1, 0.15) is 18.0 Å². The maximum Gasteiger partial charge on any atom is 0.254 e. The summed E-state index contributed by atoms with van der Waals surface area (Å²) in [6.07, 6.45) is 1.70. The van der Waals surface area contributed by atoms with Crippen LogP contribution in [0.2, 0.25) is 0 Å². The number of morpholine rings is 1. The summed E-state index contributed by atoms with van der Waals surface area (Å²) in [4.78, 5) is 14.4. The van der Waals surface area contributed by atoms with Crippen LogP contribution < -0.4 is 4.74 Å². The molecule has 5 rings (SSSR count). The molecule has 2 aromatic carbocycles. The zero-order valence-electron chi connectivity index (χ0n) is 18.5. The lowest BCUT2D eigenvalue weighted by Crippen LogP contribution is -2.40. The van der Waals surface area contributed by atoms with Crippen molar-refractivity contribution in [3.63, 3.8) is 0 Å². The number of nitrogens with zero attached hydrogens (tertiary/aromatic N) is 5. The lowest BCUT2D eigenvalue weighted by atomic mass is 10.1. The highest BCUT2D eigenvalue weighted by Gasteiger charge is 2.19. The molecule has 1 amide bonds. The normalized spacial score (nSPS) is 14.0. The topological polar surface area (TPSA) is 107 Å². The van der Waals surface area contributed by atoms with Crippen LogP contribution in [0.4, 0.5) is 4.39 Å². The van der Waals surface area contributed by atoms with Gasteiger partial charge in [-0.1, -0.05) is 5.21 Å². The number of nitrogens with one attached hydrogen (secondary N) is 1. The van der Waals surface area contributed by atoms with Crippen molar-refractivity contribution in [2.45, 2.75) is 0 Å². The molecule has 0 atom stereocenters. The second-order valence-electron chi connectivity index (χ2n) is 7.74. The molecule has 2 aromatic heterocycles. The number of hydrogen-bond donors (Lipinski definition) is 1. The minimum atomic E-state index is -0.501. The van der Waals surface area contributed by atoms with Crippen LogP contribution in [0.5, 0.6) is 5.75 Å². The minimum Gasteiger partial charge on any atom is -0.488 e. The van der Waals surface area contributed by atoms with Crippen molar-refractivity contribution < 1.29 is 23.4 Å². The monoisotopic (exact) mass is 466 g/mol. The van der Waals surface area contributed by atoms with E-state index in [4.69, 9.17) is 14.2 Å². The Kier molecular flexibility index (Phi) is 6.19. The van der Waals surface area contributed by atoms with E-state index in [1.807, 2.05) is 0 Å². The summed E-state index contributed by atoms with van der Waals surface area (Å²) in [5.41, 5.74) is 2.90. The predicted molar refractivity (Wildman–Crippen MR) is 120 cm³/mol. The molecule has 0 unspecified atom stereocenters. The van der Waals surface area contributed by atoms with E-state index in [0.29, 0.717) is 60.8 Å². The van der Waals surface area contributed by atoms with Gasteiger partial charge < -0.3 is 19.1 Å². The van der Waals surface area contributed by atoms with Gasteiger partial charge in [-0.25, -0.2) is 9.07 Å². The molecule has 3 heterocycles. The van der Waals surface area contributed by atoms with Crippen molar-refractivity contribution in [1.82, 2.24) is 30.1 Å². The average molecular weight is 466 g/mol. The van der Waals surface area contributed by atoms with Gasteiger partial charge >= 0.3 is 0 Å². The molecule has 1 aliphatic heterocycles. The van der Waals surface area contributed by atoms with Crippen molar-refractivity contribution in [1.29, 1.82) is 0 Å². The third-order valence-electron chi connectivity index (χ3n) is 5.57. The van der Waals surface area contributed by atoms with Crippen LogP contribution in [-0.2, 0) is 9.47 Å². The minimum absolute atomic E-state index is 0.0234. The fourth-order valence-corrected chi connectivity index (χ4v) is 3.76. The van der Waals surface area contributed by atoms with E-state index >= 15 is 0 Å². The number of fused-ring (bicyclic) bond motifs is 1. The van der Waals surface area contributed by atoms with E-state index in [2.05, 4.69) is 20.5 Å². The molecule has 1 saturated heterocycles. The summed E-state index contributed by atoms with van der Waals surface area (Å²) >= 11 is 0.